The highest BCUT2D eigenvalue weighted by Crippen LogP contribution is 2.29. The van der Waals surface area contributed by atoms with Gasteiger partial charge in [-0.1, -0.05) is 17.7 Å². The zero-order valence-electron chi connectivity index (χ0n) is 11.0. The highest BCUT2D eigenvalue weighted by molar-refractivity contribution is 6.35. The monoisotopic (exact) mass is 308 g/mol. The first-order valence-electron chi connectivity index (χ1n) is 6.41. The van der Waals surface area contributed by atoms with Crippen molar-refractivity contribution in [1.82, 2.24) is 19.1 Å². The molecule has 3 rings (SSSR count). The number of hydrogen-bond acceptors (Lipinski definition) is 2. The van der Waals surface area contributed by atoms with Crippen molar-refractivity contribution < 1.29 is 0 Å². The topological polar surface area (TPSA) is 35.6 Å². The van der Waals surface area contributed by atoms with E-state index < -0.39 is 0 Å². The Morgan fingerprint density at radius 2 is 2.15 bits per heavy atom. The van der Waals surface area contributed by atoms with Crippen LogP contribution >= 0.6 is 23.2 Å². The van der Waals surface area contributed by atoms with Gasteiger partial charge in [-0.3, -0.25) is 0 Å². The quantitative estimate of drug-likeness (QED) is 0.686. The van der Waals surface area contributed by atoms with Crippen molar-refractivity contribution in [1.29, 1.82) is 0 Å². The Morgan fingerprint density at radius 1 is 1.30 bits per heavy atom. The molecule has 1 atom stereocenters. The number of aromatic nitrogens is 4. The number of nitrogens with zero attached hydrogens (tertiary/aromatic N) is 4. The zero-order chi connectivity index (χ0) is 14.1. The summed E-state index contributed by atoms with van der Waals surface area (Å²) in [6, 6.07) is 5.74. The normalized spacial score (nSPS) is 12.9. The van der Waals surface area contributed by atoms with Gasteiger partial charge in [0, 0.05) is 25.5 Å². The molecule has 1 aromatic carbocycles. The van der Waals surface area contributed by atoms with E-state index >= 15 is 0 Å². The lowest BCUT2D eigenvalue weighted by Gasteiger charge is -2.11. The third-order valence-corrected chi connectivity index (χ3v) is 3.74. The third kappa shape index (κ3) is 2.41. The molecule has 0 spiro atoms. The Hall–Kier alpha value is -1.52. The Balaban J connectivity index is 2.04. The van der Waals surface area contributed by atoms with Gasteiger partial charge in [-0.2, -0.15) is 0 Å². The number of hydrogen-bond donors (Lipinski definition) is 0. The Kier molecular flexibility index (Phi) is 3.68. The molecule has 3 aromatic rings. The first-order valence-corrected chi connectivity index (χ1v) is 7.22. The van der Waals surface area contributed by atoms with Gasteiger partial charge in [0.15, 0.2) is 0 Å². The molecule has 2 aromatic heterocycles. The molecule has 1 unspecified atom stereocenters. The van der Waals surface area contributed by atoms with Crippen molar-refractivity contribution in [2.45, 2.75) is 25.4 Å². The van der Waals surface area contributed by atoms with Crippen molar-refractivity contribution in [3.63, 3.8) is 0 Å². The molecule has 0 amide bonds. The SMILES string of the molecule is CC(Cl)c1nc2cccc(Cl)c2n1CCn1ccnc1. The molecule has 20 heavy (non-hydrogen) atoms. The lowest BCUT2D eigenvalue weighted by molar-refractivity contribution is 0.569. The molecule has 0 N–H and O–H groups in total. The number of imidazole rings is 2. The van der Waals surface area contributed by atoms with E-state index in [2.05, 4.69) is 14.5 Å². The first-order chi connectivity index (χ1) is 9.66. The highest BCUT2D eigenvalue weighted by Gasteiger charge is 2.16. The van der Waals surface area contributed by atoms with Crippen molar-refractivity contribution in [2.24, 2.45) is 0 Å². The number of fused-ring (bicyclic) bond motifs is 1. The molecule has 6 heteroatoms. The second-order valence-corrected chi connectivity index (χ2v) is 5.71. The van der Waals surface area contributed by atoms with Crippen LogP contribution in [0.25, 0.3) is 11.0 Å². The van der Waals surface area contributed by atoms with Crippen LogP contribution in [-0.2, 0) is 13.1 Å². The minimum absolute atomic E-state index is 0.166. The van der Waals surface area contributed by atoms with Crippen LogP contribution in [0.5, 0.6) is 0 Å². The van der Waals surface area contributed by atoms with E-state index in [9.17, 15) is 0 Å². The molecule has 2 heterocycles. The second-order valence-electron chi connectivity index (χ2n) is 4.65. The van der Waals surface area contributed by atoms with Gasteiger partial charge in [0.25, 0.3) is 0 Å². The Bertz CT molecular complexity index is 716. The van der Waals surface area contributed by atoms with Crippen molar-refractivity contribution in [3.05, 3.63) is 47.8 Å². The maximum absolute atomic E-state index is 6.32. The molecule has 104 valence electrons. The van der Waals surface area contributed by atoms with Gasteiger partial charge in [0.05, 0.1) is 27.8 Å². The first kappa shape index (κ1) is 13.5. The van der Waals surface area contributed by atoms with Gasteiger partial charge < -0.3 is 9.13 Å². The number of alkyl halides is 1. The number of rotatable bonds is 4. The van der Waals surface area contributed by atoms with Crippen LogP contribution in [0.2, 0.25) is 5.02 Å². The van der Waals surface area contributed by atoms with Gasteiger partial charge >= 0.3 is 0 Å². The summed E-state index contributed by atoms with van der Waals surface area (Å²) in [6.45, 7) is 3.47. The average molecular weight is 309 g/mol. The smallest absolute Gasteiger partial charge is 0.127 e. The predicted molar refractivity (Wildman–Crippen MR) is 81.2 cm³/mol. The van der Waals surface area contributed by atoms with E-state index in [1.807, 2.05) is 35.9 Å². The van der Waals surface area contributed by atoms with Crippen LogP contribution < -0.4 is 0 Å². The number of para-hydroxylation sites is 1. The van der Waals surface area contributed by atoms with Gasteiger partial charge in [-0.15, -0.1) is 11.6 Å². The van der Waals surface area contributed by atoms with Gasteiger partial charge in [-0.25, -0.2) is 9.97 Å². The minimum Gasteiger partial charge on any atom is -0.336 e. The molecule has 0 aliphatic carbocycles. The summed E-state index contributed by atoms with van der Waals surface area (Å²) >= 11 is 12.6. The maximum Gasteiger partial charge on any atom is 0.127 e. The van der Waals surface area contributed by atoms with Gasteiger partial charge in [-0.05, 0) is 19.1 Å². The largest absolute Gasteiger partial charge is 0.336 e. The van der Waals surface area contributed by atoms with Crippen LogP contribution in [0.3, 0.4) is 0 Å². The van der Waals surface area contributed by atoms with Crippen LogP contribution in [0.4, 0.5) is 0 Å². The molecule has 4 nitrogen and oxygen atoms in total. The second kappa shape index (κ2) is 5.46. The fraction of sp³-hybridized carbons (Fsp3) is 0.286. The average Bonchev–Trinajstić information content (AvgIpc) is 3.03. The lowest BCUT2D eigenvalue weighted by Crippen LogP contribution is -2.10. The summed E-state index contributed by atoms with van der Waals surface area (Å²) < 4.78 is 4.11. The third-order valence-electron chi connectivity index (χ3n) is 3.24. The standard InChI is InChI=1S/C14H14Cl2N4/c1-10(15)14-18-12-4-2-3-11(16)13(12)20(14)8-7-19-6-5-17-9-19/h2-6,9-10H,7-8H2,1H3. The lowest BCUT2D eigenvalue weighted by atomic mass is 10.3. The highest BCUT2D eigenvalue weighted by atomic mass is 35.5. The zero-order valence-corrected chi connectivity index (χ0v) is 12.5. The fourth-order valence-corrected chi connectivity index (χ4v) is 2.76. The van der Waals surface area contributed by atoms with Crippen molar-refractivity contribution in [3.8, 4) is 0 Å². The molecular formula is C14H14Cl2N4. The maximum atomic E-state index is 6.32. The number of aryl methyl sites for hydroxylation is 2. The van der Waals surface area contributed by atoms with Crippen LogP contribution in [0.1, 0.15) is 18.1 Å². The van der Waals surface area contributed by atoms with Gasteiger partial charge in [0.1, 0.15) is 5.82 Å². The fourth-order valence-electron chi connectivity index (χ4n) is 2.32. The summed E-state index contributed by atoms with van der Waals surface area (Å²) in [5.74, 6) is 0.842. The molecule has 0 saturated carbocycles. The van der Waals surface area contributed by atoms with Crippen LogP contribution in [0, 0.1) is 0 Å². The van der Waals surface area contributed by atoms with E-state index in [0.717, 1.165) is 29.9 Å². The molecule has 0 aliphatic rings. The van der Waals surface area contributed by atoms with E-state index in [0.29, 0.717) is 5.02 Å². The molecule has 0 aliphatic heterocycles. The summed E-state index contributed by atoms with van der Waals surface area (Å²) in [6.07, 6.45) is 5.50. The van der Waals surface area contributed by atoms with E-state index in [-0.39, 0.29) is 5.38 Å². The molecule has 0 fully saturated rings. The number of halogens is 2. The van der Waals surface area contributed by atoms with E-state index in [1.165, 1.54) is 0 Å². The van der Waals surface area contributed by atoms with Crippen LogP contribution in [0.15, 0.2) is 36.9 Å². The Morgan fingerprint density at radius 3 is 2.85 bits per heavy atom. The Labute approximate surface area is 127 Å². The molecule has 0 radical (unpaired) electrons. The van der Waals surface area contributed by atoms with Crippen molar-refractivity contribution >= 4 is 34.2 Å². The summed E-state index contributed by atoms with van der Waals surface area (Å²) in [5.41, 5.74) is 1.82. The van der Waals surface area contributed by atoms with Crippen LogP contribution in [-0.4, -0.2) is 19.1 Å². The van der Waals surface area contributed by atoms with E-state index in [4.69, 9.17) is 23.2 Å². The summed E-state index contributed by atoms with van der Waals surface area (Å²) in [5, 5.41) is 0.533. The van der Waals surface area contributed by atoms with Gasteiger partial charge in [0.2, 0.25) is 0 Å². The molecule has 0 saturated heterocycles. The minimum atomic E-state index is -0.166. The predicted octanol–water partition coefficient (Wildman–Crippen LogP) is 3.89. The summed E-state index contributed by atoms with van der Waals surface area (Å²) in [4.78, 5) is 8.64. The number of benzene rings is 1. The van der Waals surface area contributed by atoms with Crippen molar-refractivity contribution in [2.75, 3.05) is 0 Å². The molecular weight excluding hydrogens is 295 g/mol. The molecule has 0 bridgehead atoms. The summed E-state index contributed by atoms with van der Waals surface area (Å²) in [7, 11) is 0. The van der Waals surface area contributed by atoms with E-state index in [1.54, 1.807) is 12.5 Å².